The van der Waals surface area contributed by atoms with Gasteiger partial charge in [-0.15, -0.1) is 0 Å². The van der Waals surface area contributed by atoms with Gasteiger partial charge in [0.25, 0.3) is 5.56 Å². The fourth-order valence-corrected chi connectivity index (χ4v) is 2.93. The molecule has 0 radical (unpaired) electrons. The number of aromatic hydroxyl groups is 1. The molecule has 0 unspecified atom stereocenters. The molecule has 6 nitrogen and oxygen atoms in total. The average molecular weight is 366 g/mol. The van der Waals surface area contributed by atoms with Crippen LogP contribution in [0.3, 0.4) is 0 Å². The Morgan fingerprint density at radius 2 is 1.81 bits per heavy atom. The van der Waals surface area contributed by atoms with E-state index in [0.29, 0.717) is 16.3 Å². The highest BCUT2D eigenvalue weighted by Crippen LogP contribution is 2.32. The van der Waals surface area contributed by atoms with Crippen molar-refractivity contribution in [2.45, 2.75) is 0 Å². The zero-order valence-corrected chi connectivity index (χ0v) is 14.1. The molecule has 0 aliphatic carbocycles. The lowest BCUT2D eigenvalue weighted by molar-refractivity contribution is 0.429. The quantitative estimate of drug-likeness (QED) is 0.731. The van der Waals surface area contributed by atoms with E-state index in [2.05, 4.69) is 9.98 Å². The second-order valence-corrected chi connectivity index (χ2v) is 6.12. The summed E-state index contributed by atoms with van der Waals surface area (Å²) in [5, 5.41) is 11.1. The highest BCUT2D eigenvalue weighted by molar-refractivity contribution is 6.30. The number of H-pyrrole nitrogens is 1. The molecule has 0 amide bonds. The number of aromatic nitrogens is 2. The van der Waals surface area contributed by atoms with Gasteiger partial charge in [-0.25, -0.2) is 9.36 Å². The van der Waals surface area contributed by atoms with Crippen LogP contribution in [0.15, 0.2) is 63.1 Å². The third-order valence-corrected chi connectivity index (χ3v) is 4.32. The van der Waals surface area contributed by atoms with Crippen molar-refractivity contribution in [3.05, 3.63) is 85.5 Å². The Kier molecular flexibility index (Phi) is 3.82. The molecule has 1 aliphatic heterocycles. The van der Waals surface area contributed by atoms with Crippen LogP contribution >= 0.6 is 11.6 Å². The first kappa shape index (κ1) is 16.1. The van der Waals surface area contributed by atoms with E-state index in [1.165, 1.54) is 6.08 Å². The minimum atomic E-state index is -0.738. The third-order valence-electron chi connectivity index (χ3n) is 4.06. The first-order chi connectivity index (χ1) is 12.5. The molecule has 128 valence electrons. The molecule has 2 aromatic carbocycles. The van der Waals surface area contributed by atoms with Crippen LogP contribution in [-0.2, 0) is 0 Å². The maximum Gasteiger partial charge on any atom is 0.335 e. The summed E-state index contributed by atoms with van der Waals surface area (Å²) in [6, 6.07) is 13.8. The lowest BCUT2D eigenvalue weighted by Gasteiger charge is -2.10. The molecule has 0 saturated carbocycles. The first-order valence-corrected chi connectivity index (χ1v) is 8.12. The van der Waals surface area contributed by atoms with Crippen molar-refractivity contribution in [2.75, 3.05) is 0 Å². The maximum atomic E-state index is 12.3. The standard InChI is InChI=1S/C19H12ClN3O3/c20-12-5-7-13(8-6-12)23-18(25)15(17(24)22-19(23)26)9-11-10-21-16-4-2-1-3-14(11)16/h1-10,25H,(H,22,24,26)/b11-9+. The molecule has 3 aromatic rings. The molecule has 4 rings (SSSR count). The average Bonchev–Trinajstić information content (AvgIpc) is 3.03. The van der Waals surface area contributed by atoms with Crippen molar-refractivity contribution in [1.82, 2.24) is 9.55 Å². The smallest absolute Gasteiger partial charge is 0.335 e. The van der Waals surface area contributed by atoms with Crippen molar-refractivity contribution in [1.29, 1.82) is 0 Å². The largest absolute Gasteiger partial charge is 0.494 e. The van der Waals surface area contributed by atoms with Crippen LogP contribution in [0, 0.1) is 0 Å². The minimum absolute atomic E-state index is 0.0299. The van der Waals surface area contributed by atoms with Crippen LogP contribution in [-0.4, -0.2) is 20.9 Å². The van der Waals surface area contributed by atoms with Gasteiger partial charge in [0.1, 0.15) is 5.56 Å². The number of benzene rings is 2. The molecular formula is C19H12ClN3O3. The summed E-state index contributed by atoms with van der Waals surface area (Å²) >= 11 is 5.86. The Morgan fingerprint density at radius 1 is 1.08 bits per heavy atom. The Hall–Kier alpha value is -3.38. The molecule has 0 bridgehead atoms. The maximum absolute atomic E-state index is 12.3. The zero-order chi connectivity index (χ0) is 18.3. The molecule has 2 N–H and O–H groups in total. The molecule has 0 atom stereocenters. The summed E-state index contributed by atoms with van der Waals surface area (Å²) in [5.74, 6) is -0.452. The SMILES string of the molecule is O=c1[nH]c(=O)n(-c2ccc(Cl)cc2)c(O)c1/C=C1\C=Nc2ccccc21. The monoisotopic (exact) mass is 365 g/mol. The van der Waals surface area contributed by atoms with Crippen LogP contribution in [0.5, 0.6) is 5.88 Å². The van der Waals surface area contributed by atoms with Crippen molar-refractivity contribution in [3.63, 3.8) is 0 Å². The van der Waals surface area contributed by atoms with Gasteiger partial charge >= 0.3 is 5.69 Å². The zero-order valence-electron chi connectivity index (χ0n) is 13.3. The van der Waals surface area contributed by atoms with Crippen molar-refractivity contribution >= 4 is 35.2 Å². The van der Waals surface area contributed by atoms with Gasteiger partial charge in [-0.1, -0.05) is 29.8 Å². The summed E-state index contributed by atoms with van der Waals surface area (Å²) in [4.78, 5) is 31.0. The molecule has 0 spiro atoms. The van der Waals surface area contributed by atoms with E-state index in [1.54, 1.807) is 30.5 Å². The predicted molar refractivity (Wildman–Crippen MR) is 102 cm³/mol. The fraction of sp³-hybridized carbons (Fsp3) is 0. The summed E-state index contributed by atoms with van der Waals surface area (Å²) in [6.07, 6.45) is 3.12. The number of nitrogens with one attached hydrogen (secondary N) is 1. The van der Waals surface area contributed by atoms with Gasteiger partial charge in [-0.3, -0.25) is 14.8 Å². The number of aliphatic imine (C=N–C) groups is 1. The molecule has 7 heteroatoms. The van der Waals surface area contributed by atoms with E-state index >= 15 is 0 Å². The molecule has 1 aliphatic rings. The lowest BCUT2D eigenvalue weighted by atomic mass is 10.1. The van der Waals surface area contributed by atoms with Gasteiger partial charge in [0.15, 0.2) is 0 Å². The fourth-order valence-electron chi connectivity index (χ4n) is 2.81. The molecular weight excluding hydrogens is 354 g/mol. The minimum Gasteiger partial charge on any atom is -0.494 e. The summed E-state index contributed by atoms with van der Waals surface area (Å²) in [6.45, 7) is 0. The third kappa shape index (κ3) is 2.66. The topological polar surface area (TPSA) is 87.5 Å². The highest BCUT2D eigenvalue weighted by atomic mass is 35.5. The second-order valence-electron chi connectivity index (χ2n) is 5.68. The number of halogens is 1. The Balaban J connectivity index is 1.91. The van der Waals surface area contributed by atoms with Gasteiger partial charge in [-0.2, -0.15) is 0 Å². The van der Waals surface area contributed by atoms with Gasteiger partial charge in [0, 0.05) is 22.4 Å². The van der Waals surface area contributed by atoms with E-state index in [4.69, 9.17) is 11.6 Å². The lowest BCUT2D eigenvalue weighted by Crippen LogP contribution is -2.30. The van der Waals surface area contributed by atoms with Crippen molar-refractivity contribution < 1.29 is 5.11 Å². The number of hydrogen-bond donors (Lipinski definition) is 2. The number of para-hydroxylation sites is 1. The van der Waals surface area contributed by atoms with E-state index in [0.717, 1.165) is 15.8 Å². The number of allylic oxidation sites excluding steroid dienone is 1. The first-order valence-electron chi connectivity index (χ1n) is 7.74. The summed E-state index contributed by atoms with van der Waals surface area (Å²) in [7, 11) is 0. The van der Waals surface area contributed by atoms with Gasteiger partial charge in [0.2, 0.25) is 5.88 Å². The second kappa shape index (κ2) is 6.16. The van der Waals surface area contributed by atoms with E-state index in [9.17, 15) is 14.7 Å². The normalized spacial score (nSPS) is 14.0. The number of aromatic amines is 1. The number of nitrogens with zero attached hydrogens (tertiary/aromatic N) is 2. The van der Waals surface area contributed by atoms with E-state index < -0.39 is 17.1 Å². The Morgan fingerprint density at radius 3 is 2.58 bits per heavy atom. The van der Waals surface area contributed by atoms with Gasteiger partial charge in [0.05, 0.1) is 11.4 Å². The van der Waals surface area contributed by atoms with Crippen molar-refractivity contribution in [3.8, 4) is 11.6 Å². The predicted octanol–water partition coefficient (Wildman–Crippen LogP) is 3.14. The van der Waals surface area contributed by atoms with Crippen LogP contribution in [0.25, 0.3) is 17.3 Å². The molecule has 0 fully saturated rings. The molecule has 1 aromatic heterocycles. The summed E-state index contributed by atoms with van der Waals surface area (Å²) in [5.41, 5.74) is 1.23. The molecule has 2 heterocycles. The molecule has 26 heavy (non-hydrogen) atoms. The van der Waals surface area contributed by atoms with Crippen LogP contribution in [0.1, 0.15) is 11.1 Å². The Bertz CT molecular complexity index is 1190. The van der Waals surface area contributed by atoms with Gasteiger partial charge < -0.3 is 5.11 Å². The highest BCUT2D eigenvalue weighted by Gasteiger charge is 2.17. The van der Waals surface area contributed by atoms with Crippen LogP contribution < -0.4 is 11.2 Å². The van der Waals surface area contributed by atoms with Crippen LogP contribution in [0.2, 0.25) is 5.02 Å². The van der Waals surface area contributed by atoms with Crippen LogP contribution in [0.4, 0.5) is 5.69 Å². The number of hydrogen-bond acceptors (Lipinski definition) is 4. The Labute approximate surface area is 152 Å². The van der Waals surface area contributed by atoms with Crippen molar-refractivity contribution in [2.24, 2.45) is 4.99 Å². The van der Waals surface area contributed by atoms with E-state index in [-0.39, 0.29) is 5.56 Å². The number of fused-ring (bicyclic) bond motifs is 1. The number of rotatable bonds is 2. The summed E-state index contributed by atoms with van der Waals surface area (Å²) < 4.78 is 1.02. The molecule has 0 saturated heterocycles. The van der Waals surface area contributed by atoms with Gasteiger partial charge in [-0.05, 0) is 36.4 Å². The van der Waals surface area contributed by atoms with E-state index in [1.807, 2.05) is 24.3 Å².